The Bertz CT molecular complexity index is 307. The number of rotatable bonds is 7. The van der Waals surface area contributed by atoms with Gasteiger partial charge in [-0.1, -0.05) is 12.5 Å². The minimum Gasteiger partial charge on any atom is -0.456 e. The van der Waals surface area contributed by atoms with Gasteiger partial charge in [-0.2, -0.15) is 0 Å². The second-order valence-electron chi connectivity index (χ2n) is 7.55. The molecule has 2 nitrogen and oxygen atoms in total. The fourth-order valence-electron chi connectivity index (χ4n) is 3.45. The summed E-state index contributed by atoms with van der Waals surface area (Å²) in [4.78, 5) is 0. The summed E-state index contributed by atoms with van der Waals surface area (Å²) < 4.78 is 12.2. The monoisotopic (exact) mass is 313 g/mol. The summed E-state index contributed by atoms with van der Waals surface area (Å²) in [5, 5.41) is 0. The normalized spacial score (nSPS) is 31.1. The molecule has 2 aliphatic rings. The highest BCUT2D eigenvalue weighted by molar-refractivity contribution is 6.85. The SMILES string of the molecule is C[Si](C)(CC[Si])O[Si](C)(C)CCC1CCC2OC2C1. The summed E-state index contributed by atoms with van der Waals surface area (Å²) >= 11 is 0. The van der Waals surface area contributed by atoms with Gasteiger partial charge < -0.3 is 8.85 Å². The van der Waals surface area contributed by atoms with Crippen LogP contribution in [0, 0.1) is 5.92 Å². The number of ether oxygens (including phenoxy) is 1. The summed E-state index contributed by atoms with van der Waals surface area (Å²) in [6.07, 6.45) is 6.64. The van der Waals surface area contributed by atoms with E-state index in [2.05, 4.69) is 36.4 Å². The predicted molar refractivity (Wildman–Crippen MR) is 86.8 cm³/mol. The van der Waals surface area contributed by atoms with Gasteiger partial charge in [0.15, 0.2) is 16.6 Å². The van der Waals surface area contributed by atoms with Crippen molar-refractivity contribution in [1.82, 2.24) is 0 Å². The molecule has 1 aliphatic carbocycles. The first-order valence-electron chi connectivity index (χ1n) is 7.81. The van der Waals surface area contributed by atoms with Crippen molar-refractivity contribution < 1.29 is 8.85 Å². The Morgan fingerprint density at radius 1 is 1.05 bits per heavy atom. The molecular weight excluding hydrogens is 284 g/mol. The van der Waals surface area contributed by atoms with Crippen LogP contribution in [0.25, 0.3) is 0 Å². The molecule has 0 aromatic heterocycles. The van der Waals surface area contributed by atoms with E-state index in [4.69, 9.17) is 8.85 Å². The van der Waals surface area contributed by atoms with Crippen molar-refractivity contribution >= 4 is 26.9 Å². The van der Waals surface area contributed by atoms with Crippen LogP contribution >= 0.6 is 0 Å². The molecule has 0 aromatic carbocycles. The third-order valence-electron chi connectivity index (χ3n) is 4.55. The van der Waals surface area contributed by atoms with E-state index < -0.39 is 16.6 Å². The molecule has 1 heterocycles. The van der Waals surface area contributed by atoms with Crippen molar-refractivity contribution in [1.29, 1.82) is 0 Å². The molecule has 3 radical (unpaired) electrons. The van der Waals surface area contributed by atoms with Crippen molar-refractivity contribution in [2.75, 3.05) is 0 Å². The number of epoxide rings is 1. The molecule has 1 aliphatic heterocycles. The van der Waals surface area contributed by atoms with E-state index in [-0.39, 0.29) is 0 Å². The highest BCUT2D eigenvalue weighted by Crippen LogP contribution is 2.41. The average molecular weight is 314 g/mol. The van der Waals surface area contributed by atoms with Gasteiger partial charge in [-0.3, -0.25) is 0 Å². The maximum absolute atomic E-state index is 6.61. The Morgan fingerprint density at radius 3 is 2.37 bits per heavy atom. The van der Waals surface area contributed by atoms with E-state index >= 15 is 0 Å². The summed E-state index contributed by atoms with van der Waals surface area (Å²) in [5.41, 5.74) is 0. The van der Waals surface area contributed by atoms with Gasteiger partial charge in [-0.15, -0.1) is 0 Å². The standard InChI is InChI=1S/C14H29O2Si3/c1-18(2,16-19(3,4)10-8-17)9-7-12-5-6-13-14(11-12)15-13/h12-14H,5-11H2,1-4H3. The highest BCUT2D eigenvalue weighted by Gasteiger charge is 2.44. The van der Waals surface area contributed by atoms with Crippen LogP contribution < -0.4 is 0 Å². The van der Waals surface area contributed by atoms with Crippen LogP contribution in [0.5, 0.6) is 0 Å². The molecule has 19 heavy (non-hydrogen) atoms. The Kier molecular flexibility index (Phi) is 5.15. The topological polar surface area (TPSA) is 21.8 Å². The van der Waals surface area contributed by atoms with Gasteiger partial charge in [0, 0.05) is 10.2 Å². The first-order valence-corrected chi connectivity index (χ1v) is 14.8. The van der Waals surface area contributed by atoms with Crippen LogP contribution in [-0.2, 0) is 8.85 Å². The van der Waals surface area contributed by atoms with E-state index in [1.54, 1.807) is 0 Å². The predicted octanol–water partition coefficient (Wildman–Crippen LogP) is 3.96. The first kappa shape index (κ1) is 16.0. The first-order chi connectivity index (χ1) is 8.81. The largest absolute Gasteiger partial charge is 0.456 e. The van der Waals surface area contributed by atoms with Crippen LogP contribution in [0.2, 0.25) is 44.3 Å². The van der Waals surface area contributed by atoms with Gasteiger partial charge in [0.05, 0.1) is 12.2 Å². The molecule has 0 aromatic rings. The lowest BCUT2D eigenvalue weighted by Crippen LogP contribution is -2.44. The quantitative estimate of drug-likeness (QED) is 0.524. The average Bonchev–Trinajstić information content (AvgIpc) is 3.02. The van der Waals surface area contributed by atoms with Gasteiger partial charge in [0.2, 0.25) is 0 Å². The van der Waals surface area contributed by atoms with Crippen molar-refractivity contribution in [3.8, 4) is 0 Å². The van der Waals surface area contributed by atoms with Crippen LogP contribution in [0.15, 0.2) is 0 Å². The Balaban J connectivity index is 1.73. The molecule has 1 saturated heterocycles. The molecular formula is C14H29O2Si3. The minimum atomic E-state index is -1.47. The molecule has 0 spiro atoms. The van der Waals surface area contributed by atoms with E-state index in [0.717, 1.165) is 12.0 Å². The number of fused-ring (bicyclic) bond motifs is 1. The zero-order valence-electron chi connectivity index (χ0n) is 13.0. The van der Waals surface area contributed by atoms with E-state index in [9.17, 15) is 0 Å². The van der Waals surface area contributed by atoms with Crippen molar-refractivity contribution in [3.05, 3.63) is 0 Å². The fraction of sp³-hybridized carbons (Fsp3) is 1.00. The van der Waals surface area contributed by atoms with Crippen LogP contribution in [-0.4, -0.2) is 39.1 Å². The second kappa shape index (κ2) is 6.13. The van der Waals surface area contributed by atoms with E-state index in [0.29, 0.717) is 12.2 Å². The Labute approximate surface area is 124 Å². The lowest BCUT2D eigenvalue weighted by atomic mass is 9.88. The molecule has 109 valence electrons. The van der Waals surface area contributed by atoms with Gasteiger partial charge >= 0.3 is 0 Å². The maximum atomic E-state index is 6.61. The minimum absolute atomic E-state index is 0.628. The van der Waals surface area contributed by atoms with Gasteiger partial charge in [-0.25, -0.2) is 0 Å². The molecule has 0 N–H and O–H groups in total. The molecule has 0 bridgehead atoms. The third kappa shape index (κ3) is 5.12. The molecule has 2 fully saturated rings. The molecule has 0 amide bonds. The number of hydrogen-bond acceptors (Lipinski definition) is 2. The van der Waals surface area contributed by atoms with Crippen molar-refractivity contribution in [3.63, 3.8) is 0 Å². The molecule has 3 unspecified atom stereocenters. The fourth-order valence-corrected chi connectivity index (χ4v) is 13.8. The molecule has 2 rings (SSSR count). The van der Waals surface area contributed by atoms with Gasteiger partial charge in [0.1, 0.15) is 0 Å². The summed E-state index contributed by atoms with van der Waals surface area (Å²) in [7, 11) is 0.698. The molecule has 5 heteroatoms. The summed E-state index contributed by atoms with van der Waals surface area (Å²) in [6.45, 7) is 9.56. The highest BCUT2D eigenvalue weighted by atomic mass is 28.4. The van der Waals surface area contributed by atoms with Crippen molar-refractivity contribution in [2.45, 2.75) is 82.2 Å². The van der Waals surface area contributed by atoms with Crippen molar-refractivity contribution in [2.24, 2.45) is 5.92 Å². The lowest BCUT2D eigenvalue weighted by Gasteiger charge is -2.35. The molecule has 1 saturated carbocycles. The molecule has 3 atom stereocenters. The Hall–Kier alpha value is 0.571. The smallest absolute Gasteiger partial charge is 0.173 e. The zero-order chi connectivity index (χ0) is 14.1. The van der Waals surface area contributed by atoms with E-state index in [1.165, 1.54) is 37.8 Å². The van der Waals surface area contributed by atoms with E-state index in [1.807, 2.05) is 0 Å². The maximum Gasteiger partial charge on any atom is 0.173 e. The summed E-state index contributed by atoms with van der Waals surface area (Å²) in [6, 6.07) is 3.63. The van der Waals surface area contributed by atoms with Gasteiger partial charge in [0.25, 0.3) is 0 Å². The lowest BCUT2D eigenvalue weighted by molar-refractivity contribution is 0.355. The second-order valence-corrected chi connectivity index (χ2v) is 16.9. The Morgan fingerprint density at radius 2 is 1.74 bits per heavy atom. The van der Waals surface area contributed by atoms with Gasteiger partial charge in [-0.05, 0) is 63.5 Å². The third-order valence-corrected chi connectivity index (χ3v) is 12.7. The zero-order valence-corrected chi connectivity index (χ0v) is 16.0. The van der Waals surface area contributed by atoms with Crippen LogP contribution in [0.1, 0.15) is 25.7 Å². The van der Waals surface area contributed by atoms with Crippen LogP contribution in [0.3, 0.4) is 0 Å². The number of hydrogen-bond donors (Lipinski definition) is 0. The van der Waals surface area contributed by atoms with Crippen LogP contribution in [0.4, 0.5) is 0 Å². The summed E-state index contributed by atoms with van der Waals surface area (Å²) in [5.74, 6) is 0.903.